The molecule has 6 nitrogen and oxygen atoms in total. The molecule has 2 aliphatic heterocycles. The fourth-order valence-corrected chi connectivity index (χ4v) is 6.11. The number of sulfonamides is 1. The van der Waals surface area contributed by atoms with Crippen LogP contribution in [0.5, 0.6) is 0 Å². The first-order valence-electron chi connectivity index (χ1n) is 16.9. The summed E-state index contributed by atoms with van der Waals surface area (Å²) in [6.07, 6.45) is 23.1. The first kappa shape index (κ1) is 43.5. The molecular formula is C38H65FN4O2S. The standard InChI is InChI=1S/C23H39FN2.C10H16.C5H10N2O2S/c1-4-10-20(23(24)12-6-3)19-25-17-14-22(15-18-25)26-16-9-7-8-13-21(26)11-5-2;1-6-9(4)7-10(5)8(2)3;1-4(6)5(2)7-10(3,8)9/h4,6,10,12,21-22H,5,7-9,11,13-19H2,1-3H3;6-7H,2H2,1,3-5H3;1,6H2,2-3H3/b10-4-,12-6+,23-20-;9-6-,10-7-;7-5-. The number of nitrogens with two attached hydrogens (primary N) is 1. The molecule has 2 aliphatic rings. The van der Waals surface area contributed by atoms with Gasteiger partial charge in [0.05, 0.1) is 12.0 Å². The van der Waals surface area contributed by atoms with Gasteiger partial charge >= 0.3 is 0 Å². The largest absolute Gasteiger partial charge is 0.398 e. The van der Waals surface area contributed by atoms with Gasteiger partial charge in [0.2, 0.25) is 0 Å². The third-order valence-corrected chi connectivity index (χ3v) is 8.90. The van der Waals surface area contributed by atoms with Crippen LogP contribution in [0.4, 0.5) is 4.39 Å². The summed E-state index contributed by atoms with van der Waals surface area (Å²) < 4.78 is 38.5. The summed E-state index contributed by atoms with van der Waals surface area (Å²) in [6.45, 7) is 27.2. The lowest BCUT2D eigenvalue weighted by Crippen LogP contribution is -2.49. The van der Waals surface area contributed by atoms with Gasteiger partial charge in [0.25, 0.3) is 10.0 Å². The fourth-order valence-electron chi connectivity index (χ4n) is 5.49. The second-order valence-electron chi connectivity index (χ2n) is 12.5. The molecule has 0 spiro atoms. The Hall–Kier alpha value is -2.55. The number of piperidine rings is 1. The number of rotatable bonds is 11. The predicted molar refractivity (Wildman–Crippen MR) is 200 cm³/mol. The highest BCUT2D eigenvalue weighted by molar-refractivity contribution is 7.89. The van der Waals surface area contributed by atoms with Crippen molar-refractivity contribution in [1.29, 1.82) is 0 Å². The molecule has 46 heavy (non-hydrogen) atoms. The third kappa shape index (κ3) is 19.2. The maximum absolute atomic E-state index is 14.3. The van der Waals surface area contributed by atoms with E-state index >= 15 is 0 Å². The molecular weight excluding hydrogens is 596 g/mol. The van der Waals surface area contributed by atoms with Gasteiger partial charge in [-0.3, -0.25) is 9.80 Å². The van der Waals surface area contributed by atoms with Crippen molar-refractivity contribution < 1.29 is 12.8 Å². The molecule has 0 aliphatic carbocycles. The molecule has 0 bridgehead atoms. The zero-order chi connectivity index (χ0) is 35.3. The molecule has 0 aromatic rings. The first-order valence-corrected chi connectivity index (χ1v) is 18.7. The van der Waals surface area contributed by atoms with Crippen molar-refractivity contribution >= 4 is 15.7 Å². The summed E-state index contributed by atoms with van der Waals surface area (Å²) in [6, 6.07) is 1.53. The predicted octanol–water partition coefficient (Wildman–Crippen LogP) is 9.23. The lowest BCUT2D eigenvalue weighted by molar-refractivity contribution is 0.0741. The molecule has 2 saturated heterocycles. The van der Waals surface area contributed by atoms with Gasteiger partial charge in [-0.1, -0.05) is 80.9 Å². The summed E-state index contributed by atoms with van der Waals surface area (Å²) >= 11 is 0. The number of nitrogens with zero attached hydrogens (tertiary/aromatic N) is 3. The van der Waals surface area contributed by atoms with Gasteiger partial charge in [-0.25, -0.2) is 12.8 Å². The second kappa shape index (κ2) is 23.7. The van der Waals surface area contributed by atoms with E-state index in [2.05, 4.69) is 60.3 Å². The summed E-state index contributed by atoms with van der Waals surface area (Å²) in [7, 11) is -3.32. The molecule has 2 fully saturated rings. The van der Waals surface area contributed by atoms with Crippen LogP contribution in [0, 0.1) is 0 Å². The summed E-state index contributed by atoms with van der Waals surface area (Å²) in [5, 5.41) is 0. The monoisotopic (exact) mass is 660 g/mol. The van der Waals surface area contributed by atoms with Crippen LogP contribution in [-0.4, -0.2) is 68.4 Å². The van der Waals surface area contributed by atoms with Crippen molar-refractivity contribution in [2.45, 2.75) is 119 Å². The maximum Gasteiger partial charge on any atom is 0.250 e. The highest BCUT2D eigenvalue weighted by Crippen LogP contribution is 2.27. The van der Waals surface area contributed by atoms with Crippen LogP contribution in [0.15, 0.2) is 87.8 Å². The molecule has 1 unspecified atom stereocenters. The quantitative estimate of drug-likeness (QED) is 0.177. The second-order valence-corrected chi connectivity index (χ2v) is 14.1. The summed E-state index contributed by atoms with van der Waals surface area (Å²) in [5.74, 6) is -0.0942. The molecule has 0 aromatic heterocycles. The average Bonchev–Trinajstić information content (AvgIpc) is 3.22. The van der Waals surface area contributed by atoms with Crippen molar-refractivity contribution in [1.82, 2.24) is 9.80 Å². The summed E-state index contributed by atoms with van der Waals surface area (Å²) in [5.41, 5.74) is 10.1. The van der Waals surface area contributed by atoms with E-state index in [1.807, 2.05) is 39.8 Å². The highest BCUT2D eigenvalue weighted by atomic mass is 32.2. The number of hydrogen-bond donors (Lipinski definition) is 1. The van der Waals surface area contributed by atoms with Gasteiger partial charge in [0.15, 0.2) is 0 Å². The van der Waals surface area contributed by atoms with Crippen LogP contribution in [0.3, 0.4) is 0 Å². The molecule has 1 atom stereocenters. The van der Waals surface area contributed by atoms with Crippen LogP contribution < -0.4 is 5.73 Å². The Kier molecular flexibility index (Phi) is 22.4. The lowest BCUT2D eigenvalue weighted by atomic mass is 9.97. The minimum atomic E-state index is -3.32. The Morgan fingerprint density at radius 3 is 2.02 bits per heavy atom. The third-order valence-electron chi connectivity index (χ3n) is 8.29. The van der Waals surface area contributed by atoms with E-state index in [0.29, 0.717) is 0 Å². The number of allylic oxidation sites excluding steroid dienone is 10. The van der Waals surface area contributed by atoms with E-state index in [1.165, 1.54) is 76.0 Å². The van der Waals surface area contributed by atoms with E-state index in [0.717, 1.165) is 49.1 Å². The average molecular weight is 661 g/mol. The Bertz CT molecular complexity index is 1230. The number of halogens is 1. The zero-order valence-electron chi connectivity index (χ0n) is 30.5. The van der Waals surface area contributed by atoms with E-state index in [-0.39, 0.29) is 17.2 Å². The van der Waals surface area contributed by atoms with Crippen LogP contribution in [0.1, 0.15) is 107 Å². The molecule has 0 aromatic carbocycles. The van der Waals surface area contributed by atoms with Gasteiger partial charge in [0.1, 0.15) is 5.83 Å². The van der Waals surface area contributed by atoms with Gasteiger partial charge in [-0.05, 0) is 112 Å². The van der Waals surface area contributed by atoms with Gasteiger partial charge in [-0.2, -0.15) is 4.40 Å². The molecule has 262 valence electrons. The normalized spacial score (nSPS) is 20.4. The van der Waals surface area contributed by atoms with E-state index in [4.69, 9.17) is 5.73 Å². The fraction of sp³-hybridized carbons (Fsp3) is 0.605. The summed E-state index contributed by atoms with van der Waals surface area (Å²) in [4.78, 5) is 5.28. The Balaban J connectivity index is 0.000000832. The van der Waals surface area contributed by atoms with Gasteiger partial charge in [-0.15, -0.1) is 0 Å². The van der Waals surface area contributed by atoms with Crippen molar-refractivity contribution in [2.75, 3.05) is 32.4 Å². The van der Waals surface area contributed by atoms with Crippen LogP contribution in [-0.2, 0) is 10.0 Å². The zero-order valence-corrected chi connectivity index (χ0v) is 31.4. The molecule has 2 N–H and O–H groups in total. The molecule has 2 heterocycles. The van der Waals surface area contributed by atoms with Crippen LogP contribution in [0.25, 0.3) is 0 Å². The van der Waals surface area contributed by atoms with E-state index < -0.39 is 10.0 Å². The van der Waals surface area contributed by atoms with E-state index in [1.54, 1.807) is 12.2 Å². The van der Waals surface area contributed by atoms with Crippen molar-refractivity contribution in [2.24, 2.45) is 10.1 Å². The van der Waals surface area contributed by atoms with E-state index in [9.17, 15) is 12.8 Å². The number of likely N-dealkylation sites (tertiary alicyclic amines) is 2. The first-order chi connectivity index (χ1) is 21.6. The Labute approximate surface area is 282 Å². The molecule has 0 amide bonds. The topological polar surface area (TPSA) is 79.0 Å². The van der Waals surface area contributed by atoms with Crippen LogP contribution >= 0.6 is 0 Å². The SMILES string of the molecule is C=C(C)/C(C)=C\C(C)=C/C.C=C(N)/C(C)=N\S(C)(=O)=O.C\C=C/C(CN1CCC(N2CCCCCC2CCC)CC1)=C(F)\C=C\C. The Morgan fingerprint density at radius 1 is 0.957 bits per heavy atom. The van der Waals surface area contributed by atoms with Crippen molar-refractivity contribution in [3.8, 4) is 0 Å². The highest BCUT2D eigenvalue weighted by Gasteiger charge is 2.30. The van der Waals surface area contributed by atoms with Crippen molar-refractivity contribution in [3.05, 3.63) is 83.4 Å². The molecule has 0 radical (unpaired) electrons. The molecule has 0 saturated carbocycles. The molecule has 2 rings (SSSR count). The van der Waals surface area contributed by atoms with Crippen LogP contribution in [0.2, 0.25) is 0 Å². The minimum Gasteiger partial charge on any atom is -0.398 e. The van der Waals surface area contributed by atoms with Gasteiger partial charge in [0, 0.05) is 29.9 Å². The van der Waals surface area contributed by atoms with Crippen molar-refractivity contribution in [3.63, 3.8) is 0 Å². The smallest absolute Gasteiger partial charge is 0.250 e. The minimum absolute atomic E-state index is 0.0942. The Morgan fingerprint density at radius 2 is 1.57 bits per heavy atom. The van der Waals surface area contributed by atoms with Gasteiger partial charge < -0.3 is 5.73 Å². The lowest BCUT2D eigenvalue weighted by Gasteiger charge is -2.42. The number of hydrogen-bond acceptors (Lipinski definition) is 5. The molecule has 8 heteroatoms. The maximum atomic E-state index is 14.3.